The SMILES string of the molecule is Cc1nc2ccccn2c1-c1cncc(Nc2ccccc2)n1. The Kier molecular flexibility index (Phi) is 3.24. The Bertz CT molecular complexity index is 959. The number of aryl methyl sites for hydroxylation is 1. The minimum absolute atomic E-state index is 0.707. The van der Waals surface area contributed by atoms with E-state index in [1.54, 1.807) is 12.4 Å². The monoisotopic (exact) mass is 301 g/mol. The van der Waals surface area contributed by atoms with Crippen molar-refractivity contribution in [3.8, 4) is 11.4 Å². The zero-order valence-corrected chi connectivity index (χ0v) is 12.6. The fourth-order valence-corrected chi connectivity index (χ4v) is 2.63. The number of rotatable bonds is 3. The molecule has 1 N–H and O–H groups in total. The largest absolute Gasteiger partial charge is 0.339 e. The van der Waals surface area contributed by atoms with Crippen LogP contribution in [0.5, 0.6) is 0 Å². The molecule has 3 heterocycles. The molecule has 0 aliphatic rings. The van der Waals surface area contributed by atoms with E-state index in [4.69, 9.17) is 0 Å². The highest BCUT2D eigenvalue weighted by molar-refractivity contribution is 5.65. The molecule has 0 spiro atoms. The first-order chi connectivity index (χ1) is 11.3. The van der Waals surface area contributed by atoms with Gasteiger partial charge in [0.05, 0.1) is 23.8 Å². The van der Waals surface area contributed by atoms with Crippen molar-refractivity contribution < 1.29 is 0 Å². The highest BCUT2D eigenvalue weighted by Crippen LogP contribution is 2.24. The molecule has 112 valence electrons. The zero-order valence-electron chi connectivity index (χ0n) is 12.6. The van der Waals surface area contributed by atoms with E-state index in [1.807, 2.05) is 66.1 Å². The predicted molar refractivity (Wildman–Crippen MR) is 90.7 cm³/mol. The van der Waals surface area contributed by atoms with Crippen LogP contribution in [0.3, 0.4) is 0 Å². The maximum Gasteiger partial charge on any atom is 0.149 e. The third-order valence-corrected chi connectivity index (χ3v) is 3.63. The van der Waals surface area contributed by atoms with E-state index in [1.165, 1.54) is 0 Å². The van der Waals surface area contributed by atoms with E-state index in [2.05, 4.69) is 20.3 Å². The Balaban J connectivity index is 1.77. The van der Waals surface area contributed by atoms with Crippen LogP contribution in [0.15, 0.2) is 67.1 Å². The van der Waals surface area contributed by atoms with Crippen molar-refractivity contribution >= 4 is 17.2 Å². The summed E-state index contributed by atoms with van der Waals surface area (Å²) in [7, 11) is 0. The van der Waals surface area contributed by atoms with Gasteiger partial charge in [0.25, 0.3) is 0 Å². The van der Waals surface area contributed by atoms with Crippen molar-refractivity contribution in [2.75, 3.05) is 5.32 Å². The zero-order chi connectivity index (χ0) is 15.6. The van der Waals surface area contributed by atoms with Crippen molar-refractivity contribution in [3.63, 3.8) is 0 Å². The van der Waals surface area contributed by atoms with Gasteiger partial charge in [-0.05, 0) is 31.2 Å². The van der Waals surface area contributed by atoms with Crippen LogP contribution in [0.25, 0.3) is 17.0 Å². The van der Waals surface area contributed by atoms with Gasteiger partial charge >= 0.3 is 0 Å². The van der Waals surface area contributed by atoms with Gasteiger partial charge in [-0.1, -0.05) is 24.3 Å². The van der Waals surface area contributed by atoms with Crippen LogP contribution in [-0.4, -0.2) is 19.4 Å². The second-order valence-electron chi connectivity index (χ2n) is 5.26. The lowest BCUT2D eigenvalue weighted by Gasteiger charge is -2.07. The molecule has 5 nitrogen and oxygen atoms in total. The first kappa shape index (κ1) is 13.5. The summed E-state index contributed by atoms with van der Waals surface area (Å²) in [6.45, 7) is 1.99. The van der Waals surface area contributed by atoms with Gasteiger partial charge in [0, 0.05) is 11.9 Å². The second-order valence-corrected chi connectivity index (χ2v) is 5.26. The number of pyridine rings is 1. The number of aromatic nitrogens is 4. The average molecular weight is 301 g/mol. The van der Waals surface area contributed by atoms with E-state index in [9.17, 15) is 0 Å². The number of benzene rings is 1. The minimum Gasteiger partial charge on any atom is -0.339 e. The third kappa shape index (κ3) is 2.53. The van der Waals surface area contributed by atoms with E-state index in [0.717, 1.165) is 28.4 Å². The Labute approximate surface area is 133 Å². The smallest absolute Gasteiger partial charge is 0.149 e. The highest BCUT2D eigenvalue weighted by Gasteiger charge is 2.12. The molecule has 5 heteroatoms. The van der Waals surface area contributed by atoms with Crippen molar-refractivity contribution in [2.24, 2.45) is 0 Å². The summed E-state index contributed by atoms with van der Waals surface area (Å²) in [5, 5.41) is 3.27. The topological polar surface area (TPSA) is 55.1 Å². The summed E-state index contributed by atoms with van der Waals surface area (Å²) < 4.78 is 2.03. The molecule has 3 aromatic heterocycles. The van der Waals surface area contributed by atoms with Crippen LogP contribution in [0.2, 0.25) is 0 Å². The highest BCUT2D eigenvalue weighted by atomic mass is 15.1. The molecule has 4 rings (SSSR count). The molecule has 23 heavy (non-hydrogen) atoms. The summed E-state index contributed by atoms with van der Waals surface area (Å²) in [6, 6.07) is 15.9. The van der Waals surface area contributed by atoms with Gasteiger partial charge in [-0.15, -0.1) is 0 Å². The third-order valence-electron chi connectivity index (χ3n) is 3.63. The molecule has 0 unspecified atom stereocenters. The van der Waals surface area contributed by atoms with Crippen LogP contribution < -0.4 is 5.32 Å². The van der Waals surface area contributed by atoms with Gasteiger partial charge in [0.2, 0.25) is 0 Å². The maximum absolute atomic E-state index is 4.69. The van der Waals surface area contributed by atoms with Crippen molar-refractivity contribution in [1.29, 1.82) is 0 Å². The number of anilines is 2. The number of imidazole rings is 1. The van der Waals surface area contributed by atoms with E-state index < -0.39 is 0 Å². The fraction of sp³-hybridized carbons (Fsp3) is 0.0556. The molecule has 0 bridgehead atoms. The molecular weight excluding hydrogens is 286 g/mol. The van der Waals surface area contributed by atoms with Crippen LogP contribution >= 0.6 is 0 Å². The van der Waals surface area contributed by atoms with Crippen LogP contribution in [0.1, 0.15) is 5.69 Å². The maximum atomic E-state index is 4.69. The van der Waals surface area contributed by atoms with Gasteiger partial charge in [-0.3, -0.25) is 9.38 Å². The quantitative estimate of drug-likeness (QED) is 0.624. The van der Waals surface area contributed by atoms with Gasteiger partial charge in [-0.25, -0.2) is 9.97 Å². The first-order valence-corrected chi connectivity index (χ1v) is 7.39. The van der Waals surface area contributed by atoms with Gasteiger partial charge in [0.15, 0.2) is 0 Å². The normalized spacial score (nSPS) is 10.8. The molecule has 0 saturated heterocycles. The summed E-state index contributed by atoms with van der Waals surface area (Å²) in [6.07, 6.45) is 5.47. The number of nitrogens with one attached hydrogen (secondary N) is 1. The number of hydrogen-bond donors (Lipinski definition) is 1. The second kappa shape index (κ2) is 5.53. The molecule has 4 aromatic rings. The molecule has 0 atom stereocenters. The van der Waals surface area contributed by atoms with E-state index in [0.29, 0.717) is 5.82 Å². The number of nitrogens with zero attached hydrogens (tertiary/aromatic N) is 4. The summed E-state index contributed by atoms with van der Waals surface area (Å²) in [5.41, 5.74) is 4.58. The standard InChI is InChI=1S/C18H15N5/c1-13-18(23-10-6-5-9-17(23)20-13)15-11-19-12-16(22-15)21-14-7-3-2-4-8-14/h2-12H,1H3,(H,21,22). The fourth-order valence-electron chi connectivity index (χ4n) is 2.63. The first-order valence-electron chi connectivity index (χ1n) is 7.39. The molecular formula is C18H15N5. The van der Waals surface area contributed by atoms with Crippen molar-refractivity contribution in [2.45, 2.75) is 6.92 Å². The molecule has 0 amide bonds. The van der Waals surface area contributed by atoms with E-state index in [-0.39, 0.29) is 0 Å². The number of para-hydroxylation sites is 1. The van der Waals surface area contributed by atoms with Crippen molar-refractivity contribution in [3.05, 3.63) is 72.8 Å². The Morgan fingerprint density at radius 3 is 2.61 bits per heavy atom. The Morgan fingerprint density at radius 1 is 0.913 bits per heavy atom. The minimum atomic E-state index is 0.707. The van der Waals surface area contributed by atoms with Gasteiger partial charge in [-0.2, -0.15) is 0 Å². The lowest BCUT2D eigenvalue weighted by Crippen LogP contribution is -1.98. The molecule has 1 aromatic carbocycles. The molecule has 0 aliphatic carbocycles. The van der Waals surface area contributed by atoms with E-state index >= 15 is 0 Å². The van der Waals surface area contributed by atoms with Crippen LogP contribution in [-0.2, 0) is 0 Å². The lowest BCUT2D eigenvalue weighted by atomic mass is 10.2. The molecule has 0 aliphatic heterocycles. The van der Waals surface area contributed by atoms with Gasteiger partial charge < -0.3 is 5.32 Å². The lowest BCUT2D eigenvalue weighted by molar-refractivity contribution is 1.13. The Morgan fingerprint density at radius 2 is 1.74 bits per heavy atom. The van der Waals surface area contributed by atoms with Crippen molar-refractivity contribution in [1.82, 2.24) is 19.4 Å². The number of hydrogen-bond acceptors (Lipinski definition) is 4. The summed E-state index contributed by atoms with van der Waals surface area (Å²) >= 11 is 0. The summed E-state index contributed by atoms with van der Waals surface area (Å²) in [4.78, 5) is 13.6. The van der Waals surface area contributed by atoms with Crippen LogP contribution in [0.4, 0.5) is 11.5 Å². The number of fused-ring (bicyclic) bond motifs is 1. The molecule has 0 saturated carbocycles. The average Bonchev–Trinajstić information content (AvgIpc) is 2.92. The van der Waals surface area contributed by atoms with Gasteiger partial charge in [0.1, 0.15) is 17.2 Å². The molecule has 0 fully saturated rings. The predicted octanol–water partition coefficient (Wildman–Crippen LogP) is 3.84. The summed E-state index contributed by atoms with van der Waals surface area (Å²) in [5.74, 6) is 0.707. The Hall–Kier alpha value is -3.21. The molecule has 0 radical (unpaired) electrons. The van der Waals surface area contributed by atoms with Crippen LogP contribution in [0, 0.1) is 6.92 Å².